The maximum atomic E-state index is 6.19. The van der Waals surface area contributed by atoms with Gasteiger partial charge in [-0.05, 0) is 40.1 Å². The van der Waals surface area contributed by atoms with Gasteiger partial charge in [0.25, 0.3) is 0 Å². The Labute approximate surface area is 236 Å². The number of aromatic nitrogens is 3. The Bertz CT molecular complexity index is 2200. The molecule has 0 saturated heterocycles. The fourth-order valence-corrected chi connectivity index (χ4v) is 5.58. The Morgan fingerprint density at radius 3 is 1.68 bits per heavy atom. The topological polar surface area (TPSA) is 51.8 Å². The molecule has 6 aromatic carbocycles. The lowest BCUT2D eigenvalue weighted by Crippen LogP contribution is -2.00. The number of fused-ring (bicyclic) bond motifs is 4. The fourth-order valence-electron chi connectivity index (χ4n) is 5.58. The Morgan fingerprint density at radius 1 is 0.341 bits per heavy atom. The van der Waals surface area contributed by atoms with Crippen LogP contribution in [0.25, 0.3) is 78.0 Å². The summed E-state index contributed by atoms with van der Waals surface area (Å²) >= 11 is 0. The lowest BCUT2D eigenvalue weighted by molar-refractivity contribution is 0.669. The van der Waals surface area contributed by atoms with Crippen LogP contribution in [0.3, 0.4) is 0 Å². The second kappa shape index (κ2) is 9.54. The third-order valence-electron chi connectivity index (χ3n) is 7.55. The van der Waals surface area contributed by atoms with Crippen molar-refractivity contribution < 1.29 is 4.42 Å². The van der Waals surface area contributed by atoms with Gasteiger partial charge >= 0.3 is 0 Å². The standard InChI is InChI=1S/C37H23N3O/c1-3-11-24(12-4-1)27-16-9-18-29-28(27)17-10-19-32(29)37-39-35(25-13-5-2-6-14-25)38-36(40-37)26-21-22-31-30-15-7-8-20-33(30)41-34(31)23-26/h1-23H. The zero-order valence-electron chi connectivity index (χ0n) is 22.0. The van der Waals surface area contributed by atoms with Crippen molar-refractivity contribution in [1.82, 2.24) is 15.0 Å². The van der Waals surface area contributed by atoms with Crippen molar-refractivity contribution in [2.45, 2.75) is 0 Å². The first-order valence-electron chi connectivity index (χ1n) is 13.6. The Kier molecular flexibility index (Phi) is 5.42. The van der Waals surface area contributed by atoms with Crippen LogP contribution in [0.4, 0.5) is 0 Å². The highest BCUT2D eigenvalue weighted by atomic mass is 16.3. The minimum atomic E-state index is 0.604. The molecule has 41 heavy (non-hydrogen) atoms. The smallest absolute Gasteiger partial charge is 0.164 e. The summed E-state index contributed by atoms with van der Waals surface area (Å²) in [6.45, 7) is 0. The van der Waals surface area contributed by atoms with Gasteiger partial charge in [-0.1, -0.05) is 121 Å². The van der Waals surface area contributed by atoms with Crippen LogP contribution in [0.1, 0.15) is 0 Å². The molecule has 0 N–H and O–H groups in total. The van der Waals surface area contributed by atoms with E-state index < -0.39 is 0 Å². The van der Waals surface area contributed by atoms with Gasteiger partial charge in [-0.15, -0.1) is 0 Å². The van der Waals surface area contributed by atoms with Crippen LogP contribution in [0, 0.1) is 0 Å². The van der Waals surface area contributed by atoms with Crippen LogP contribution in [0.5, 0.6) is 0 Å². The molecule has 0 atom stereocenters. The molecule has 0 aliphatic rings. The lowest BCUT2D eigenvalue weighted by atomic mass is 9.95. The monoisotopic (exact) mass is 525 g/mol. The summed E-state index contributed by atoms with van der Waals surface area (Å²) in [5.74, 6) is 1.87. The molecule has 4 heteroatoms. The molecule has 0 radical (unpaired) electrons. The molecule has 2 heterocycles. The minimum Gasteiger partial charge on any atom is -0.456 e. The van der Waals surface area contributed by atoms with Crippen LogP contribution in [-0.2, 0) is 0 Å². The van der Waals surface area contributed by atoms with E-state index in [1.807, 2.05) is 60.7 Å². The lowest BCUT2D eigenvalue weighted by Gasteiger charge is -2.12. The molecule has 0 aliphatic heterocycles. The number of benzene rings is 6. The van der Waals surface area contributed by atoms with Gasteiger partial charge in [0, 0.05) is 27.5 Å². The number of para-hydroxylation sites is 1. The SMILES string of the molecule is c1ccc(-c2nc(-c3ccc4c(c3)oc3ccccc34)nc(-c3cccc4c(-c5ccccc5)cccc34)n2)cc1. The van der Waals surface area contributed by atoms with Crippen molar-refractivity contribution in [2.75, 3.05) is 0 Å². The van der Waals surface area contributed by atoms with Crippen molar-refractivity contribution in [3.05, 3.63) is 140 Å². The molecule has 0 aliphatic carbocycles. The average Bonchev–Trinajstić information content (AvgIpc) is 3.43. The van der Waals surface area contributed by atoms with E-state index in [1.54, 1.807) is 0 Å². The molecule has 192 valence electrons. The van der Waals surface area contributed by atoms with E-state index >= 15 is 0 Å². The first kappa shape index (κ1) is 23.3. The summed E-state index contributed by atoms with van der Waals surface area (Å²) in [5.41, 5.74) is 6.81. The second-order valence-corrected chi connectivity index (χ2v) is 10.1. The molecule has 8 rings (SSSR count). The van der Waals surface area contributed by atoms with Crippen molar-refractivity contribution in [3.8, 4) is 45.3 Å². The predicted octanol–water partition coefficient (Wildman–Crippen LogP) is 9.59. The molecule has 0 spiro atoms. The minimum absolute atomic E-state index is 0.604. The van der Waals surface area contributed by atoms with E-state index in [0.717, 1.165) is 49.4 Å². The summed E-state index contributed by atoms with van der Waals surface area (Å²) in [4.78, 5) is 15.0. The van der Waals surface area contributed by atoms with E-state index in [0.29, 0.717) is 17.5 Å². The highest BCUT2D eigenvalue weighted by Crippen LogP contribution is 2.36. The van der Waals surface area contributed by atoms with Gasteiger partial charge in [0.05, 0.1) is 0 Å². The molecular weight excluding hydrogens is 502 g/mol. The zero-order valence-corrected chi connectivity index (χ0v) is 22.0. The van der Waals surface area contributed by atoms with E-state index in [-0.39, 0.29) is 0 Å². The van der Waals surface area contributed by atoms with Crippen molar-refractivity contribution in [1.29, 1.82) is 0 Å². The Morgan fingerprint density at radius 2 is 0.902 bits per heavy atom. The molecule has 8 aromatic rings. The highest BCUT2D eigenvalue weighted by Gasteiger charge is 2.16. The number of nitrogens with zero attached hydrogens (tertiary/aromatic N) is 3. The predicted molar refractivity (Wildman–Crippen MR) is 166 cm³/mol. The highest BCUT2D eigenvalue weighted by molar-refractivity contribution is 6.06. The quantitative estimate of drug-likeness (QED) is 0.230. The second-order valence-electron chi connectivity index (χ2n) is 10.1. The summed E-state index contributed by atoms with van der Waals surface area (Å²) in [7, 11) is 0. The summed E-state index contributed by atoms with van der Waals surface area (Å²) in [6.07, 6.45) is 0. The van der Waals surface area contributed by atoms with Gasteiger partial charge in [-0.25, -0.2) is 15.0 Å². The number of rotatable bonds is 4. The number of hydrogen-bond donors (Lipinski definition) is 0. The number of hydrogen-bond acceptors (Lipinski definition) is 4. The van der Waals surface area contributed by atoms with Gasteiger partial charge in [0.15, 0.2) is 17.5 Å². The molecule has 0 fully saturated rings. The van der Waals surface area contributed by atoms with E-state index in [4.69, 9.17) is 19.4 Å². The van der Waals surface area contributed by atoms with Crippen molar-refractivity contribution >= 4 is 32.7 Å². The van der Waals surface area contributed by atoms with Gasteiger partial charge < -0.3 is 4.42 Å². The first-order chi connectivity index (χ1) is 20.3. The van der Waals surface area contributed by atoms with Crippen LogP contribution < -0.4 is 0 Å². The molecule has 0 bridgehead atoms. The molecule has 4 nitrogen and oxygen atoms in total. The van der Waals surface area contributed by atoms with Crippen molar-refractivity contribution in [2.24, 2.45) is 0 Å². The van der Waals surface area contributed by atoms with Crippen LogP contribution in [0.2, 0.25) is 0 Å². The first-order valence-corrected chi connectivity index (χ1v) is 13.6. The van der Waals surface area contributed by atoms with Crippen molar-refractivity contribution in [3.63, 3.8) is 0 Å². The zero-order chi connectivity index (χ0) is 27.2. The summed E-state index contributed by atoms with van der Waals surface area (Å²) in [6, 6.07) is 47.6. The maximum absolute atomic E-state index is 6.19. The molecule has 0 amide bonds. The number of furan rings is 1. The van der Waals surface area contributed by atoms with E-state index in [2.05, 4.69) is 78.9 Å². The van der Waals surface area contributed by atoms with Crippen LogP contribution >= 0.6 is 0 Å². The average molecular weight is 526 g/mol. The molecule has 2 aromatic heterocycles. The Hall–Kier alpha value is -5.61. The van der Waals surface area contributed by atoms with Gasteiger partial charge in [-0.3, -0.25) is 0 Å². The van der Waals surface area contributed by atoms with Crippen LogP contribution in [0.15, 0.2) is 144 Å². The molecule has 0 unspecified atom stereocenters. The van der Waals surface area contributed by atoms with E-state index in [9.17, 15) is 0 Å². The molecular formula is C37H23N3O. The van der Waals surface area contributed by atoms with Gasteiger partial charge in [0.2, 0.25) is 0 Å². The fraction of sp³-hybridized carbons (Fsp3) is 0. The normalized spacial score (nSPS) is 11.4. The largest absolute Gasteiger partial charge is 0.456 e. The maximum Gasteiger partial charge on any atom is 0.164 e. The van der Waals surface area contributed by atoms with Gasteiger partial charge in [0.1, 0.15) is 11.2 Å². The molecule has 0 saturated carbocycles. The summed E-state index contributed by atoms with van der Waals surface area (Å²) in [5, 5.41) is 4.42. The summed E-state index contributed by atoms with van der Waals surface area (Å²) < 4.78 is 6.19. The Balaban J connectivity index is 1.35. The van der Waals surface area contributed by atoms with Crippen LogP contribution in [-0.4, -0.2) is 15.0 Å². The van der Waals surface area contributed by atoms with E-state index in [1.165, 1.54) is 11.1 Å². The van der Waals surface area contributed by atoms with Gasteiger partial charge in [-0.2, -0.15) is 0 Å². The third kappa shape index (κ3) is 4.05. The third-order valence-corrected chi connectivity index (χ3v) is 7.55.